The van der Waals surface area contributed by atoms with E-state index in [1.165, 1.54) is 0 Å². The van der Waals surface area contributed by atoms with E-state index in [0.29, 0.717) is 30.0 Å². The van der Waals surface area contributed by atoms with Gasteiger partial charge in [-0.25, -0.2) is 8.42 Å². The summed E-state index contributed by atoms with van der Waals surface area (Å²) < 4.78 is 38.4. The van der Waals surface area contributed by atoms with E-state index < -0.39 is 10.0 Å². The number of sulfonamides is 1. The number of rotatable bonds is 8. The standard InChI is InChI=1S/C24H32N2O5S/c1-17-6-5-7-18(2)26(17)32(28,29)21-12-10-20(11-13-21)25-24(27)15-9-19-8-14-22(30-3)23(16-19)31-4/h8,10-14,16-18H,5-7,9,15H2,1-4H3,(H,25,27). The highest BCUT2D eigenvalue weighted by atomic mass is 32.2. The number of nitrogens with one attached hydrogen (secondary N) is 1. The van der Waals surface area contributed by atoms with Gasteiger partial charge in [-0.2, -0.15) is 4.31 Å². The maximum absolute atomic E-state index is 13.1. The lowest BCUT2D eigenvalue weighted by atomic mass is 10.0. The van der Waals surface area contributed by atoms with Crippen LogP contribution < -0.4 is 14.8 Å². The van der Waals surface area contributed by atoms with E-state index in [-0.39, 0.29) is 22.9 Å². The van der Waals surface area contributed by atoms with Gasteiger partial charge in [0.1, 0.15) is 0 Å². The van der Waals surface area contributed by atoms with Crippen molar-refractivity contribution in [2.75, 3.05) is 19.5 Å². The van der Waals surface area contributed by atoms with E-state index in [2.05, 4.69) is 5.32 Å². The topological polar surface area (TPSA) is 84.9 Å². The minimum Gasteiger partial charge on any atom is -0.493 e. The van der Waals surface area contributed by atoms with Gasteiger partial charge < -0.3 is 14.8 Å². The molecule has 0 spiro atoms. The molecule has 1 N–H and O–H groups in total. The molecule has 2 atom stereocenters. The molecule has 0 aliphatic carbocycles. The lowest BCUT2D eigenvalue weighted by molar-refractivity contribution is -0.116. The Labute approximate surface area is 190 Å². The van der Waals surface area contributed by atoms with Crippen LogP contribution in [0.3, 0.4) is 0 Å². The molecule has 2 aromatic rings. The van der Waals surface area contributed by atoms with Gasteiger partial charge in [-0.15, -0.1) is 0 Å². The first-order chi connectivity index (χ1) is 15.3. The van der Waals surface area contributed by atoms with Crippen LogP contribution in [0.4, 0.5) is 5.69 Å². The summed E-state index contributed by atoms with van der Waals surface area (Å²) in [4.78, 5) is 12.6. The lowest BCUT2D eigenvalue weighted by Gasteiger charge is -2.37. The molecule has 2 unspecified atom stereocenters. The van der Waals surface area contributed by atoms with Crippen molar-refractivity contribution < 1.29 is 22.7 Å². The first-order valence-electron chi connectivity index (χ1n) is 10.9. The van der Waals surface area contributed by atoms with Gasteiger partial charge in [0.05, 0.1) is 19.1 Å². The van der Waals surface area contributed by atoms with E-state index in [9.17, 15) is 13.2 Å². The van der Waals surface area contributed by atoms with Crippen LogP contribution >= 0.6 is 0 Å². The quantitative estimate of drug-likeness (QED) is 0.637. The fraction of sp³-hybridized carbons (Fsp3) is 0.458. The Bertz CT molecular complexity index is 1030. The van der Waals surface area contributed by atoms with Crippen LogP contribution in [0.5, 0.6) is 11.5 Å². The summed E-state index contributed by atoms with van der Waals surface area (Å²) >= 11 is 0. The van der Waals surface area contributed by atoms with Crippen molar-refractivity contribution in [2.24, 2.45) is 0 Å². The molecule has 1 saturated heterocycles. The van der Waals surface area contributed by atoms with Crippen molar-refractivity contribution in [3.63, 3.8) is 0 Å². The molecular formula is C24H32N2O5S. The summed E-state index contributed by atoms with van der Waals surface area (Å²) in [7, 11) is -0.413. The number of hydrogen-bond donors (Lipinski definition) is 1. The largest absolute Gasteiger partial charge is 0.493 e. The molecule has 0 aromatic heterocycles. The Kier molecular flexibility index (Phi) is 7.79. The van der Waals surface area contributed by atoms with Gasteiger partial charge in [0, 0.05) is 24.2 Å². The number of amides is 1. The molecule has 0 radical (unpaired) electrons. The third-order valence-corrected chi connectivity index (χ3v) is 8.06. The summed E-state index contributed by atoms with van der Waals surface area (Å²) in [5.41, 5.74) is 1.53. The maximum atomic E-state index is 13.1. The number of carbonyl (C=O) groups excluding carboxylic acids is 1. The first-order valence-corrected chi connectivity index (χ1v) is 12.3. The van der Waals surface area contributed by atoms with Gasteiger partial charge in [-0.05, 0) is 75.1 Å². The highest BCUT2D eigenvalue weighted by Gasteiger charge is 2.35. The predicted molar refractivity (Wildman–Crippen MR) is 125 cm³/mol. The monoisotopic (exact) mass is 460 g/mol. The predicted octanol–water partition coefficient (Wildman–Crippen LogP) is 4.23. The molecule has 0 bridgehead atoms. The van der Waals surface area contributed by atoms with Crippen molar-refractivity contribution in [1.82, 2.24) is 4.31 Å². The third-order valence-electron chi connectivity index (χ3n) is 5.91. The van der Waals surface area contributed by atoms with Gasteiger partial charge in [0.25, 0.3) is 0 Å². The molecule has 8 heteroatoms. The summed E-state index contributed by atoms with van der Waals surface area (Å²) in [5.74, 6) is 1.12. The minimum absolute atomic E-state index is 0.0142. The molecular weight excluding hydrogens is 428 g/mol. The van der Waals surface area contributed by atoms with Crippen LogP contribution in [0.1, 0.15) is 45.1 Å². The van der Waals surface area contributed by atoms with E-state index in [1.807, 2.05) is 32.0 Å². The maximum Gasteiger partial charge on any atom is 0.243 e. The van der Waals surface area contributed by atoms with Crippen molar-refractivity contribution >= 4 is 21.6 Å². The molecule has 1 aliphatic rings. The van der Waals surface area contributed by atoms with E-state index in [4.69, 9.17) is 9.47 Å². The third kappa shape index (κ3) is 5.42. The van der Waals surface area contributed by atoms with Crippen LogP contribution in [0.2, 0.25) is 0 Å². The summed E-state index contributed by atoms with van der Waals surface area (Å²) in [6.07, 6.45) is 3.62. The SMILES string of the molecule is COc1ccc(CCC(=O)Nc2ccc(S(=O)(=O)N3C(C)CCCC3C)cc2)cc1OC. The van der Waals surface area contributed by atoms with Crippen LogP contribution in [0, 0.1) is 0 Å². The van der Waals surface area contributed by atoms with Crippen LogP contribution in [0.15, 0.2) is 47.4 Å². The number of hydrogen-bond acceptors (Lipinski definition) is 5. The normalized spacial score (nSPS) is 19.4. The van der Waals surface area contributed by atoms with Crippen molar-refractivity contribution in [3.8, 4) is 11.5 Å². The number of piperidine rings is 1. The van der Waals surface area contributed by atoms with E-state index >= 15 is 0 Å². The fourth-order valence-corrected chi connectivity index (χ4v) is 6.10. The fourth-order valence-electron chi connectivity index (χ4n) is 4.22. The van der Waals surface area contributed by atoms with Crippen molar-refractivity contribution in [1.29, 1.82) is 0 Å². The Morgan fingerprint density at radius 2 is 1.62 bits per heavy atom. The van der Waals surface area contributed by atoms with Gasteiger partial charge in [0.15, 0.2) is 11.5 Å². The highest BCUT2D eigenvalue weighted by Crippen LogP contribution is 2.30. The molecule has 1 fully saturated rings. The van der Waals surface area contributed by atoms with Gasteiger partial charge in [0.2, 0.25) is 15.9 Å². The number of ether oxygens (including phenoxy) is 2. The summed E-state index contributed by atoms with van der Waals surface area (Å²) in [6, 6.07) is 11.9. The number of aryl methyl sites for hydroxylation is 1. The molecule has 174 valence electrons. The Hall–Kier alpha value is -2.58. The van der Waals surface area contributed by atoms with Gasteiger partial charge in [-0.1, -0.05) is 12.5 Å². The highest BCUT2D eigenvalue weighted by molar-refractivity contribution is 7.89. The Morgan fingerprint density at radius 3 is 2.22 bits per heavy atom. The van der Waals surface area contributed by atoms with Crippen LogP contribution in [-0.2, 0) is 21.2 Å². The molecule has 2 aromatic carbocycles. The molecule has 1 aliphatic heterocycles. The molecule has 32 heavy (non-hydrogen) atoms. The molecule has 1 amide bonds. The van der Waals surface area contributed by atoms with Gasteiger partial charge >= 0.3 is 0 Å². The molecule has 1 heterocycles. The molecule has 7 nitrogen and oxygen atoms in total. The first kappa shape index (κ1) is 24.1. The average molecular weight is 461 g/mol. The molecule has 0 saturated carbocycles. The van der Waals surface area contributed by atoms with E-state index in [1.54, 1.807) is 42.8 Å². The smallest absolute Gasteiger partial charge is 0.243 e. The zero-order chi connectivity index (χ0) is 23.3. The minimum atomic E-state index is -3.57. The Morgan fingerprint density at radius 1 is 1.00 bits per heavy atom. The van der Waals surface area contributed by atoms with E-state index in [0.717, 1.165) is 24.8 Å². The van der Waals surface area contributed by atoms with Gasteiger partial charge in [-0.3, -0.25) is 4.79 Å². The zero-order valence-electron chi connectivity index (χ0n) is 19.1. The zero-order valence-corrected chi connectivity index (χ0v) is 19.9. The second kappa shape index (κ2) is 10.4. The van der Waals surface area contributed by atoms with Crippen molar-refractivity contribution in [2.45, 2.75) is 62.9 Å². The summed E-state index contributed by atoms with van der Waals surface area (Å²) in [5, 5.41) is 2.84. The number of carbonyl (C=O) groups is 1. The average Bonchev–Trinajstić information content (AvgIpc) is 2.77. The second-order valence-corrected chi connectivity index (χ2v) is 10.1. The number of nitrogens with zero attached hydrogens (tertiary/aromatic N) is 1. The number of anilines is 1. The van der Waals surface area contributed by atoms with Crippen LogP contribution in [0.25, 0.3) is 0 Å². The molecule has 3 rings (SSSR count). The lowest BCUT2D eigenvalue weighted by Crippen LogP contribution is -2.47. The second-order valence-electron chi connectivity index (χ2n) is 8.23. The number of methoxy groups -OCH3 is 2. The summed E-state index contributed by atoms with van der Waals surface area (Å²) in [6.45, 7) is 3.92. The van der Waals surface area contributed by atoms with Crippen LogP contribution in [-0.4, -0.2) is 44.9 Å². The van der Waals surface area contributed by atoms with Crippen molar-refractivity contribution in [3.05, 3.63) is 48.0 Å². The Balaban J connectivity index is 1.61. The number of benzene rings is 2.